The van der Waals surface area contributed by atoms with Crippen LogP contribution in [0.5, 0.6) is 17.2 Å². The van der Waals surface area contributed by atoms with Crippen LogP contribution >= 0.6 is 0 Å². The number of ether oxygens (including phenoxy) is 3. The van der Waals surface area contributed by atoms with E-state index in [9.17, 15) is 14.0 Å². The Morgan fingerprint density at radius 1 is 0.857 bits per heavy atom. The van der Waals surface area contributed by atoms with Gasteiger partial charge in [-0.1, -0.05) is 30.3 Å². The van der Waals surface area contributed by atoms with Gasteiger partial charge >= 0.3 is 5.97 Å². The van der Waals surface area contributed by atoms with Gasteiger partial charge in [-0.25, -0.2) is 9.18 Å². The Hall–Kier alpha value is -3.67. The summed E-state index contributed by atoms with van der Waals surface area (Å²) in [4.78, 5) is 24.8. The molecule has 3 aromatic rings. The summed E-state index contributed by atoms with van der Waals surface area (Å²) in [5, 5.41) is 0. The first-order valence-corrected chi connectivity index (χ1v) is 8.44. The molecule has 3 rings (SSSR count). The van der Waals surface area contributed by atoms with Crippen molar-refractivity contribution in [2.24, 2.45) is 0 Å². The number of esters is 1. The first kappa shape index (κ1) is 19.1. The smallest absolute Gasteiger partial charge is 0.342 e. The minimum atomic E-state index is -0.727. The summed E-state index contributed by atoms with van der Waals surface area (Å²) in [6.07, 6.45) is 0. The molecule has 0 saturated heterocycles. The molecule has 0 aliphatic rings. The van der Waals surface area contributed by atoms with Gasteiger partial charge in [0.15, 0.2) is 6.61 Å². The first-order valence-electron chi connectivity index (χ1n) is 8.44. The first-order chi connectivity index (χ1) is 13.6. The van der Waals surface area contributed by atoms with Crippen molar-refractivity contribution in [2.45, 2.75) is 0 Å². The van der Waals surface area contributed by atoms with E-state index in [-0.39, 0.29) is 16.9 Å². The molecule has 0 amide bonds. The number of Topliss-reactive ketones (excluding diaryl/α,β-unsaturated/α-hetero) is 1. The summed E-state index contributed by atoms with van der Waals surface area (Å²) in [7, 11) is 1.37. The van der Waals surface area contributed by atoms with E-state index in [0.717, 1.165) is 6.07 Å². The molecular weight excluding hydrogens is 363 g/mol. The minimum absolute atomic E-state index is 0.00382. The summed E-state index contributed by atoms with van der Waals surface area (Å²) in [5.74, 6) is -0.827. The summed E-state index contributed by atoms with van der Waals surface area (Å²) >= 11 is 0. The maximum atomic E-state index is 13.4. The Kier molecular flexibility index (Phi) is 6.01. The van der Waals surface area contributed by atoms with E-state index in [1.807, 2.05) is 6.07 Å². The van der Waals surface area contributed by atoms with E-state index in [0.29, 0.717) is 11.5 Å². The standard InChI is InChI=1S/C22H17FO5/c1-26-20-12-11-15(23)13-18(20)19(24)14-27-22(25)17-9-5-6-10-21(17)28-16-7-3-2-4-8-16/h2-13H,14H2,1H3. The number of carbonyl (C=O) groups excluding carboxylic acids is 2. The van der Waals surface area contributed by atoms with Crippen LogP contribution in [0, 0.1) is 5.82 Å². The molecule has 28 heavy (non-hydrogen) atoms. The Bertz CT molecular complexity index is 985. The number of hydrogen-bond donors (Lipinski definition) is 0. The number of carbonyl (C=O) groups is 2. The van der Waals surface area contributed by atoms with Crippen molar-refractivity contribution >= 4 is 11.8 Å². The SMILES string of the molecule is COc1ccc(F)cc1C(=O)COC(=O)c1ccccc1Oc1ccccc1. The average Bonchev–Trinajstić information content (AvgIpc) is 2.73. The molecule has 0 radical (unpaired) electrons. The van der Waals surface area contributed by atoms with Gasteiger partial charge in [-0.05, 0) is 42.5 Å². The largest absolute Gasteiger partial charge is 0.496 e. The topological polar surface area (TPSA) is 61.8 Å². The van der Waals surface area contributed by atoms with Crippen molar-refractivity contribution in [2.75, 3.05) is 13.7 Å². The molecule has 0 fully saturated rings. The van der Waals surface area contributed by atoms with E-state index in [2.05, 4.69) is 0 Å². The second-order valence-electron chi connectivity index (χ2n) is 5.76. The van der Waals surface area contributed by atoms with Crippen molar-refractivity contribution in [3.05, 3.63) is 89.7 Å². The lowest BCUT2D eigenvalue weighted by molar-refractivity contribution is 0.0471. The van der Waals surface area contributed by atoms with E-state index >= 15 is 0 Å². The normalized spacial score (nSPS) is 10.2. The average molecular weight is 380 g/mol. The van der Waals surface area contributed by atoms with Crippen molar-refractivity contribution in [3.63, 3.8) is 0 Å². The molecule has 0 saturated carbocycles. The molecule has 5 nitrogen and oxygen atoms in total. The quantitative estimate of drug-likeness (QED) is 0.440. The van der Waals surface area contributed by atoms with E-state index < -0.39 is 24.2 Å². The van der Waals surface area contributed by atoms with Gasteiger partial charge in [0.1, 0.15) is 28.6 Å². The maximum Gasteiger partial charge on any atom is 0.342 e. The van der Waals surface area contributed by atoms with Crippen LogP contribution in [-0.4, -0.2) is 25.5 Å². The second kappa shape index (κ2) is 8.81. The maximum absolute atomic E-state index is 13.4. The minimum Gasteiger partial charge on any atom is -0.496 e. The van der Waals surface area contributed by atoms with Crippen LogP contribution in [0.15, 0.2) is 72.8 Å². The number of benzene rings is 3. The van der Waals surface area contributed by atoms with E-state index in [4.69, 9.17) is 14.2 Å². The number of para-hydroxylation sites is 2. The number of hydrogen-bond acceptors (Lipinski definition) is 5. The molecule has 3 aromatic carbocycles. The van der Waals surface area contributed by atoms with Crippen LogP contribution in [0.2, 0.25) is 0 Å². The molecule has 0 unspecified atom stereocenters. The highest BCUT2D eigenvalue weighted by Gasteiger charge is 2.19. The van der Waals surface area contributed by atoms with Crippen molar-refractivity contribution in [3.8, 4) is 17.2 Å². The molecule has 6 heteroatoms. The van der Waals surface area contributed by atoms with Gasteiger partial charge in [0.05, 0.1) is 12.7 Å². The lowest BCUT2D eigenvalue weighted by atomic mass is 10.1. The van der Waals surface area contributed by atoms with Crippen LogP contribution in [0.25, 0.3) is 0 Å². The number of halogens is 1. The van der Waals surface area contributed by atoms with E-state index in [1.54, 1.807) is 42.5 Å². The highest BCUT2D eigenvalue weighted by molar-refractivity contribution is 6.01. The zero-order chi connectivity index (χ0) is 19.9. The molecule has 0 N–H and O–H groups in total. The summed E-state index contributed by atoms with van der Waals surface area (Å²) in [5.41, 5.74) is 0.175. The Labute approximate surface area is 161 Å². The van der Waals surface area contributed by atoms with Crippen LogP contribution in [-0.2, 0) is 4.74 Å². The van der Waals surface area contributed by atoms with Gasteiger partial charge in [0, 0.05) is 0 Å². The highest BCUT2D eigenvalue weighted by atomic mass is 19.1. The predicted molar refractivity (Wildman–Crippen MR) is 101 cm³/mol. The molecule has 0 heterocycles. The molecule has 0 bridgehead atoms. The lowest BCUT2D eigenvalue weighted by Gasteiger charge is -2.11. The van der Waals surface area contributed by atoms with Gasteiger partial charge in [-0.15, -0.1) is 0 Å². The predicted octanol–water partition coefficient (Wildman–Crippen LogP) is 4.67. The van der Waals surface area contributed by atoms with Crippen LogP contribution in [0.3, 0.4) is 0 Å². The van der Waals surface area contributed by atoms with Gasteiger partial charge in [0.2, 0.25) is 5.78 Å². The lowest BCUT2D eigenvalue weighted by Crippen LogP contribution is -2.15. The summed E-state index contributed by atoms with van der Waals surface area (Å²) < 4.78 is 29.3. The zero-order valence-corrected chi connectivity index (χ0v) is 15.1. The van der Waals surface area contributed by atoms with Crippen molar-refractivity contribution in [1.82, 2.24) is 0 Å². The monoisotopic (exact) mass is 380 g/mol. The highest BCUT2D eigenvalue weighted by Crippen LogP contribution is 2.26. The second-order valence-corrected chi connectivity index (χ2v) is 5.76. The third-order valence-corrected chi connectivity index (χ3v) is 3.87. The van der Waals surface area contributed by atoms with Gasteiger partial charge in [0.25, 0.3) is 0 Å². The van der Waals surface area contributed by atoms with Gasteiger partial charge < -0.3 is 14.2 Å². The van der Waals surface area contributed by atoms with Crippen LogP contribution in [0.1, 0.15) is 20.7 Å². The Balaban J connectivity index is 1.72. The molecule has 0 aromatic heterocycles. The molecule has 0 aliphatic carbocycles. The fraction of sp³-hybridized carbons (Fsp3) is 0.0909. The molecule has 0 aliphatic heterocycles. The van der Waals surface area contributed by atoms with Crippen LogP contribution in [0.4, 0.5) is 4.39 Å². The number of methoxy groups -OCH3 is 1. The Morgan fingerprint density at radius 3 is 2.32 bits per heavy atom. The van der Waals surface area contributed by atoms with Crippen LogP contribution < -0.4 is 9.47 Å². The molecule has 0 spiro atoms. The zero-order valence-electron chi connectivity index (χ0n) is 15.1. The molecule has 0 atom stereocenters. The summed E-state index contributed by atoms with van der Waals surface area (Å²) in [6, 6.07) is 19.1. The fourth-order valence-electron chi connectivity index (χ4n) is 2.52. The third kappa shape index (κ3) is 4.54. The van der Waals surface area contributed by atoms with Gasteiger partial charge in [-0.2, -0.15) is 0 Å². The Morgan fingerprint density at radius 2 is 1.57 bits per heavy atom. The van der Waals surface area contributed by atoms with E-state index in [1.165, 1.54) is 25.3 Å². The third-order valence-electron chi connectivity index (χ3n) is 3.87. The molecule has 142 valence electrons. The summed E-state index contributed by atoms with van der Waals surface area (Å²) in [6.45, 7) is -0.557. The number of ketones is 1. The number of rotatable bonds is 7. The van der Waals surface area contributed by atoms with Crippen molar-refractivity contribution in [1.29, 1.82) is 0 Å². The van der Waals surface area contributed by atoms with Crippen molar-refractivity contribution < 1.29 is 28.2 Å². The molecular formula is C22H17FO5. The fourth-order valence-corrected chi connectivity index (χ4v) is 2.52. The van der Waals surface area contributed by atoms with Gasteiger partial charge in [-0.3, -0.25) is 4.79 Å².